The molecule has 4 N–H and O–H groups in total. The standard InChI is InChI=1S/C19H15NO5S/c21-14(7-3-11-4-8-15(22)16(23)9-11)13-5-1-12(2-6-13)10-17-18(24)20-19(25)26-17/h1-9,22-24H,10H2,(H,20,25). The summed E-state index contributed by atoms with van der Waals surface area (Å²) in [5.74, 6) is -0.805. The Kier molecular flexibility index (Phi) is 4.90. The van der Waals surface area contributed by atoms with Crippen LogP contribution in [0.5, 0.6) is 17.4 Å². The summed E-state index contributed by atoms with van der Waals surface area (Å²) in [5, 5.41) is 28.3. The van der Waals surface area contributed by atoms with Crippen molar-refractivity contribution in [2.24, 2.45) is 0 Å². The molecule has 7 heteroatoms. The van der Waals surface area contributed by atoms with Gasteiger partial charge < -0.3 is 15.3 Å². The number of allylic oxidation sites excluding steroid dienone is 1. The summed E-state index contributed by atoms with van der Waals surface area (Å²) in [6.45, 7) is 0. The highest BCUT2D eigenvalue weighted by molar-refractivity contribution is 7.09. The number of H-pyrrole nitrogens is 1. The Hall–Kier alpha value is -3.32. The molecule has 0 bridgehead atoms. The van der Waals surface area contributed by atoms with E-state index in [0.29, 0.717) is 22.4 Å². The van der Waals surface area contributed by atoms with Crippen LogP contribution in [0.2, 0.25) is 0 Å². The van der Waals surface area contributed by atoms with Crippen molar-refractivity contribution < 1.29 is 20.1 Å². The van der Waals surface area contributed by atoms with Gasteiger partial charge in [0, 0.05) is 12.0 Å². The number of aromatic amines is 1. The molecule has 1 aromatic heterocycles. The Balaban J connectivity index is 1.70. The SMILES string of the molecule is O=C(C=Cc1ccc(O)c(O)c1)c1ccc(Cc2sc(=O)[nH]c2O)cc1. The van der Waals surface area contributed by atoms with Crippen LogP contribution in [0.3, 0.4) is 0 Å². The third-order valence-electron chi connectivity index (χ3n) is 3.73. The lowest BCUT2D eigenvalue weighted by atomic mass is 10.0. The predicted octanol–water partition coefficient (Wildman–Crippen LogP) is 3.04. The van der Waals surface area contributed by atoms with Crippen molar-refractivity contribution in [3.8, 4) is 17.4 Å². The molecule has 0 atom stereocenters. The summed E-state index contributed by atoms with van der Waals surface area (Å²) in [4.78, 5) is 26.0. The summed E-state index contributed by atoms with van der Waals surface area (Å²) in [6, 6.07) is 11.1. The zero-order valence-corrected chi connectivity index (χ0v) is 14.3. The molecule has 2 aromatic carbocycles. The number of phenols is 2. The Morgan fingerprint density at radius 1 is 1.04 bits per heavy atom. The number of thiazole rings is 1. The first-order chi connectivity index (χ1) is 12.4. The summed E-state index contributed by atoms with van der Waals surface area (Å²) in [6.07, 6.45) is 3.32. The number of rotatable bonds is 5. The fourth-order valence-corrected chi connectivity index (χ4v) is 3.11. The molecule has 3 aromatic rings. The number of hydrogen-bond acceptors (Lipinski definition) is 6. The number of nitrogens with one attached hydrogen (secondary N) is 1. The lowest BCUT2D eigenvalue weighted by molar-refractivity contribution is 0.104. The van der Waals surface area contributed by atoms with Crippen LogP contribution in [0.4, 0.5) is 0 Å². The number of aromatic nitrogens is 1. The third-order valence-corrected chi connectivity index (χ3v) is 4.60. The highest BCUT2D eigenvalue weighted by Crippen LogP contribution is 2.25. The van der Waals surface area contributed by atoms with E-state index in [1.54, 1.807) is 36.4 Å². The minimum absolute atomic E-state index is 0.125. The van der Waals surface area contributed by atoms with Crippen LogP contribution in [0.15, 0.2) is 53.3 Å². The average Bonchev–Trinajstić information content (AvgIpc) is 2.93. The normalized spacial score (nSPS) is 11.1. The minimum Gasteiger partial charge on any atom is -0.504 e. The van der Waals surface area contributed by atoms with Crippen molar-refractivity contribution in [3.05, 3.63) is 79.8 Å². The van der Waals surface area contributed by atoms with Crippen LogP contribution >= 0.6 is 11.3 Å². The molecule has 3 rings (SSSR count). The molecule has 0 spiro atoms. The van der Waals surface area contributed by atoms with Gasteiger partial charge in [0.25, 0.3) is 0 Å². The lowest BCUT2D eigenvalue weighted by Gasteiger charge is -2.02. The fourth-order valence-electron chi connectivity index (χ4n) is 2.36. The molecule has 0 unspecified atom stereocenters. The van der Waals surface area contributed by atoms with Crippen LogP contribution in [0.1, 0.15) is 26.4 Å². The quantitative estimate of drug-likeness (QED) is 0.314. The number of ketones is 1. The van der Waals surface area contributed by atoms with Crippen molar-refractivity contribution in [3.63, 3.8) is 0 Å². The van der Waals surface area contributed by atoms with Gasteiger partial charge in [0.05, 0.1) is 4.88 Å². The molecule has 0 aliphatic rings. The van der Waals surface area contributed by atoms with E-state index in [4.69, 9.17) is 0 Å². The molecule has 0 radical (unpaired) electrons. The van der Waals surface area contributed by atoms with Crippen molar-refractivity contribution in [1.82, 2.24) is 4.98 Å². The van der Waals surface area contributed by atoms with Crippen LogP contribution < -0.4 is 4.87 Å². The molecule has 0 aliphatic carbocycles. The maximum Gasteiger partial charge on any atom is 0.307 e. The number of aromatic hydroxyl groups is 3. The monoisotopic (exact) mass is 369 g/mol. The van der Waals surface area contributed by atoms with Crippen molar-refractivity contribution in [2.45, 2.75) is 6.42 Å². The fraction of sp³-hybridized carbons (Fsp3) is 0.0526. The maximum atomic E-state index is 12.2. The van der Waals surface area contributed by atoms with Crippen LogP contribution in [-0.4, -0.2) is 26.1 Å². The molecule has 0 aliphatic heterocycles. The summed E-state index contributed by atoms with van der Waals surface area (Å²) < 4.78 is 0. The molecule has 1 heterocycles. The molecule has 0 amide bonds. The topological polar surface area (TPSA) is 111 Å². The highest BCUT2D eigenvalue weighted by Gasteiger charge is 2.08. The van der Waals surface area contributed by atoms with E-state index < -0.39 is 0 Å². The number of carbonyl (C=O) groups excluding carboxylic acids is 1. The molecule has 132 valence electrons. The Bertz CT molecular complexity index is 1030. The molecule has 26 heavy (non-hydrogen) atoms. The molecule has 6 nitrogen and oxygen atoms in total. The number of carbonyl (C=O) groups is 1. The van der Waals surface area contributed by atoms with Gasteiger partial charge in [0.1, 0.15) is 0 Å². The minimum atomic E-state index is -0.310. The first-order valence-corrected chi connectivity index (χ1v) is 8.48. The summed E-state index contributed by atoms with van der Waals surface area (Å²) in [7, 11) is 0. The maximum absolute atomic E-state index is 12.2. The van der Waals surface area contributed by atoms with Gasteiger partial charge in [0.15, 0.2) is 17.3 Å². The first-order valence-electron chi connectivity index (χ1n) is 7.66. The van der Waals surface area contributed by atoms with E-state index in [1.807, 2.05) is 0 Å². The number of hydrogen-bond donors (Lipinski definition) is 4. The predicted molar refractivity (Wildman–Crippen MR) is 99.0 cm³/mol. The van der Waals surface area contributed by atoms with Crippen LogP contribution in [0, 0.1) is 0 Å². The smallest absolute Gasteiger partial charge is 0.307 e. The second-order valence-electron chi connectivity index (χ2n) is 5.61. The molecular formula is C19H15NO5S. The van der Waals surface area contributed by atoms with E-state index >= 15 is 0 Å². The molecular weight excluding hydrogens is 354 g/mol. The van der Waals surface area contributed by atoms with Gasteiger partial charge in [-0.3, -0.25) is 14.6 Å². The Morgan fingerprint density at radius 2 is 1.77 bits per heavy atom. The number of benzene rings is 2. The largest absolute Gasteiger partial charge is 0.504 e. The first kappa shape index (κ1) is 17.5. The van der Waals surface area contributed by atoms with Gasteiger partial charge in [-0.2, -0.15) is 0 Å². The summed E-state index contributed by atoms with van der Waals surface area (Å²) >= 11 is 0.950. The Labute approximate surface area is 152 Å². The van der Waals surface area contributed by atoms with Crippen molar-refractivity contribution in [2.75, 3.05) is 0 Å². The van der Waals surface area contributed by atoms with Crippen LogP contribution in [0.25, 0.3) is 6.08 Å². The average molecular weight is 369 g/mol. The Morgan fingerprint density at radius 3 is 2.38 bits per heavy atom. The summed E-state index contributed by atoms with van der Waals surface area (Å²) in [5.41, 5.74) is 1.93. The van der Waals surface area contributed by atoms with Gasteiger partial charge in [-0.1, -0.05) is 47.7 Å². The van der Waals surface area contributed by atoms with Gasteiger partial charge in [0.2, 0.25) is 5.88 Å². The van der Waals surface area contributed by atoms with Gasteiger partial charge >= 0.3 is 4.87 Å². The molecule has 0 saturated heterocycles. The van der Waals surface area contributed by atoms with Crippen molar-refractivity contribution in [1.29, 1.82) is 0 Å². The zero-order valence-electron chi connectivity index (χ0n) is 13.5. The number of phenolic OH excluding ortho intramolecular Hbond substituents is 2. The molecule has 0 fully saturated rings. The second-order valence-corrected chi connectivity index (χ2v) is 6.67. The van der Waals surface area contributed by atoms with Gasteiger partial charge in [-0.15, -0.1) is 0 Å². The lowest BCUT2D eigenvalue weighted by Crippen LogP contribution is -1.95. The molecule has 0 saturated carbocycles. The van der Waals surface area contributed by atoms with Gasteiger partial charge in [-0.05, 0) is 29.3 Å². The van der Waals surface area contributed by atoms with E-state index in [1.165, 1.54) is 18.2 Å². The van der Waals surface area contributed by atoms with E-state index in [9.17, 15) is 24.9 Å². The van der Waals surface area contributed by atoms with Crippen molar-refractivity contribution >= 4 is 23.2 Å². The third kappa shape index (κ3) is 4.01. The van der Waals surface area contributed by atoms with Gasteiger partial charge in [-0.25, -0.2) is 0 Å². The van der Waals surface area contributed by atoms with Crippen LogP contribution in [-0.2, 0) is 6.42 Å². The highest BCUT2D eigenvalue weighted by atomic mass is 32.1. The van der Waals surface area contributed by atoms with E-state index in [2.05, 4.69) is 4.98 Å². The second kappa shape index (κ2) is 7.28. The zero-order chi connectivity index (χ0) is 18.7. The van der Waals surface area contributed by atoms with E-state index in [-0.39, 0.29) is 28.0 Å². The van der Waals surface area contributed by atoms with E-state index in [0.717, 1.165) is 16.9 Å².